The summed E-state index contributed by atoms with van der Waals surface area (Å²) in [7, 11) is 1.52. The van der Waals surface area contributed by atoms with Crippen molar-refractivity contribution < 1.29 is 14.3 Å². The van der Waals surface area contributed by atoms with Crippen molar-refractivity contribution in [1.82, 2.24) is 25.2 Å². The summed E-state index contributed by atoms with van der Waals surface area (Å²) in [6.45, 7) is 2.37. The van der Waals surface area contributed by atoms with Gasteiger partial charge in [0.2, 0.25) is 0 Å². The van der Waals surface area contributed by atoms with Crippen molar-refractivity contribution in [3.63, 3.8) is 0 Å². The maximum atomic E-state index is 12.7. The van der Waals surface area contributed by atoms with E-state index in [1.54, 1.807) is 28.9 Å². The minimum Gasteiger partial charge on any atom is -0.495 e. The molecule has 2 N–H and O–H groups in total. The van der Waals surface area contributed by atoms with Gasteiger partial charge >= 0.3 is 6.03 Å². The number of urea groups is 1. The van der Waals surface area contributed by atoms with E-state index in [2.05, 4.69) is 20.9 Å². The number of nitrogens with one attached hydrogen (secondary N) is 2. The Morgan fingerprint density at radius 1 is 1.12 bits per heavy atom. The third-order valence-corrected chi connectivity index (χ3v) is 5.66. The Labute approximate surface area is 190 Å². The number of anilines is 1. The Balaban J connectivity index is 1.35. The number of methoxy groups -OCH3 is 1. The second kappa shape index (κ2) is 9.86. The van der Waals surface area contributed by atoms with Gasteiger partial charge in [0.05, 0.1) is 24.9 Å². The normalized spacial score (nSPS) is 13.8. The molecule has 2 aromatic carbocycles. The van der Waals surface area contributed by atoms with E-state index in [0.717, 1.165) is 31.4 Å². The number of aromatic nitrogens is 3. The molecule has 1 aromatic heterocycles. The van der Waals surface area contributed by atoms with Crippen molar-refractivity contribution in [3.8, 4) is 5.75 Å². The molecular weight excluding hydrogens is 432 g/mol. The number of nitrogens with zero attached hydrogens (tertiary/aromatic N) is 4. The van der Waals surface area contributed by atoms with E-state index in [0.29, 0.717) is 40.6 Å². The van der Waals surface area contributed by atoms with Crippen LogP contribution >= 0.6 is 11.6 Å². The highest BCUT2D eigenvalue weighted by Crippen LogP contribution is 2.27. The lowest BCUT2D eigenvalue weighted by Gasteiger charge is -2.26. The van der Waals surface area contributed by atoms with Crippen LogP contribution in [0.15, 0.2) is 36.4 Å². The predicted octanol–water partition coefficient (Wildman–Crippen LogP) is 3.54. The Kier molecular flexibility index (Phi) is 6.75. The zero-order valence-corrected chi connectivity index (χ0v) is 18.6. The van der Waals surface area contributed by atoms with Crippen LogP contribution in [0.1, 0.15) is 29.6 Å². The Bertz CT molecular complexity index is 1130. The van der Waals surface area contributed by atoms with Crippen LogP contribution < -0.4 is 15.4 Å². The van der Waals surface area contributed by atoms with Gasteiger partial charge in [-0.05, 0) is 55.7 Å². The summed E-state index contributed by atoms with van der Waals surface area (Å²) in [6, 6.07) is 10.0. The summed E-state index contributed by atoms with van der Waals surface area (Å²) in [5, 5.41) is 14.3. The number of fused-ring (bicyclic) bond motifs is 1. The number of piperidine rings is 1. The van der Waals surface area contributed by atoms with Crippen molar-refractivity contribution in [2.24, 2.45) is 0 Å². The Hall–Kier alpha value is -3.33. The van der Waals surface area contributed by atoms with Gasteiger partial charge in [-0.3, -0.25) is 4.79 Å². The molecule has 0 atom stereocenters. The molecule has 168 valence electrons. The maximum Gasteiger partial charge on any atom is 0.319 e. The number of carbonyl (C=O) groups excluding carboxylic acids is 2. The van der Waals surface area contributed by atoms with Gasteiger partial charge in [-0.25, -0.2) is 9.48 Å². The third kappa shape index (κ3) is 4.94. The Morgan fingerprint density at radius 2 is 1.94 bits per heavy atom. The first-order valence-corrected chi connectivity index (χ1v) is 10.9. The van der Waals surface area contributed by atoms with Gasteiger partial charge in [-0.1, -0.05) is 16.8 Å². The summed E-state index contributed by atoms with van der Waals surface area (Å²) in [4.78, 5) is 26.9. The van der Waals surface area contributed by atoms with E-state index >= 15 is 0 Å². The van der Waals surface area contributed by atoms with Gasteiger partial charge in [0.1, 0.15) is 11.3 Å². The monoisotopic (exact) mass is 456 g/mol. The smallest absolute Gasteiger partial charge is 0.319 e. The molecule has 9 nitrogen and oxygen atoms in total. The van der Waals surface area contributed by atoms with E-state index in [9.17, 15) is 9.59 Å². The van der Waals surface area contributed by atoms with Crippen LogP contribution in [-0.4, -0.2) is 58.6 Å². The van der Waals surface area contributed by atoms with Gasteiger partial charge in [0, 0.05) is 30.2 Å². The van der Waals surface area contributed by atoms with Gasteiger partial charge in [-0.15, -0.1) is 5.10 Å². The topological polar surface area (TPSA) is 101 Å². The zero-order chi connectivity index (χ0) is 22.5. The second-order valence-corrected chi connectivity index (χ2v) is 8.03. The van der Waals surface area contributed by atoms with Crippen LogP contribution in [0.25, 0.3) is 11.0 Å². The predicted molar refractivity (Wildman–Crippen MR) is 122 cm³/mol. The third-order valence-electron chi connectivity index (χ3n) is 5.42. The fourth-order valence-corrected chi connectivity index (χ4v) is 3.94. The van der Waals surface area contributed by atoms with Crippen LogP contribution in [0, 0.1) is 0 Å². The summed E-state index contributed by atoms with van der Waals surface area (Å²) < 4.78 is 6.93. The van der Waals surface area contributed by atoms with E-state index in [1.807, 2.05) is 17.0 Å². The number of benzene rings is 2. The van der Waals surface area contributed by atoms with E-state index in [4.69, 9.17) is 16.3 Å². The average molecular weight is 457 g/mol. The number of halogens is 1. The fourth-order valence-electron chi connectivity index (χ4n) is 3.77. The quantitative estimate of drug-likeness (QED) is 0.590. The average Bonchev–Trinajstić information content (AvgIpc) is 3.21. The highest BCUT2D eigenvalue weighted by atomic mass is 35.5. The van der Waals surface area contributed by atoms with E-state index < -0.39 is 0 Å². The van der Waals surface area contributed by atoms with E-state index in [1.165, 1.54) is 13.5 Å². The zero-order valence-electron chi connectivity index (χ0n) is 17.8. The van der Waals surface area contributed by atoms with Crippen molar-refractivity contribution in [2.75, 3.05) is 32.1 Å². The molecule has 0 unspecified atom stereocenters. The molecule has 4 rings (SSSR count). The molecule has 0 bridgehead atoms. The molecule has 32 heavy (non-hydrogen) atoms. The molecule has 3 aromatic rings. The van der Waals surface area contributed by atoms with Crippen molar-refractivity contribution >= 4 is 40.3 Å². The molecule has 0 spiro atoms. The van der Waals surface area contributed by atoms with Crippen LogP contribution in [-0.2, 0) is 6.54 Å². The van der Waals surface area contributed by atoms with Crippen molar-refractivity contribution in [2.45, 2.75) is 25.8 Å². The van der Waals surface area contributed by atoms with Gasteiger partial charge < -0.3 is 20.3 Å². The molecule has 0 saturated carbocycles. The van der Waals surface area contributed by atoms with Crippen molar-refractivity contribution in [1.29, 1.82) is 0 Å². The highest BCUT2D eigenvalue weighted by molar-refractivity contribution is 6.31. The largest absolute Gasteiger partial charge is 0.495 e. The van der Waals surface area contributed by atoms with Crippen LogP contribution in [0.5, 0.6) is 5.75 Å². The molecule has 1 aliphatic rings. The van der Waals surface area contributed by atoms with Crippen LogP contribution in [0.2, 0.25) is 5.02 Å². The van der Waals surface area contributed by atoms with Crippen molar-refractivity contribution in [3.05, 3.63) is 47.0 Å². The SMILES string of the molecule is COc1ccc(Cl)cc1NC(=O)NCCn1nnc2cc(C(=O)N3CCCCC3)ccc21. The molecule has 1 fully saturated rings. The number of ether oxygens (including phenoxy) is 1. The molecule has 3 amide bonds. The standard InChI is InChI=1S/C22H25ClN6O3/c1-32-20-8-6-16(23)14-18(20)25-22(31)24-9-12-29-19-7-5-15(13-17(19)26-27-29)21(30)28-10-3-2-4-11-28/h5-8,13-14H,2-4,9-12H2,1H3,(H2,24,25,31). The number of amides is 3. The lowest BCUT2D eigenvalue weighted by atomic mass is 10.1. The Morgan fingerprint density at radius 3 is 2.72 bits per heavy atom. The summed E-state index contributed by atoms with van der Waals surface area (Å²) in [5.41, 5.74) is 2.56. The summed E-state index contributed by atoms with van der Waals surface area (Å²) in [6.07, 6.45) is 3.28. The second-order valence-electron chi connectivity index (χ2n) is 7.59. The molecule has 10 heteroatoms. The van der Waals surface area contributed by atoms with Crippen LogP contribution in [0.4, 0.5) is 10.5 Å². The first-order valence-electron chi connectivity index (χ1n) is 10.6. The number of hydrogen-bond donors (Lipinski definition) is 2. The molecule has 1 aliphatic heterocycles. The minimum absolute atomic E-state index is 0.0379. The molecular formula is C22H25ClN6O3. The molecule has 0 radical (unpaired) electrons. The molecule has 1 saturated heterocycles. The lowest BCUT2D eigenvalue weighted by molar-refractivity contribution is 0.0724. The number of rotatable bonds is 6. The van der Waals surface area contributed by atoms with Gasteiger partial charge in [0.25, 0.3) is 5.91 Å². The number of likely N-dealkylation sites (tertiary alicyclic amines) is 1. The first kappa shape index (κ1) is 21.9. The fraction of sp³-hybridized carbons (Fsp3) is 0.364. The lowest BCUT2D eigenvalue weighted by Crippen LogP contribution is -2.35. The van der Waals surface area contributed by atoms with Gasteiger partial charge in [0.15, 0.2) is 0 Å². The first-order chi connectivity index (χ1) is 15.5. The molecule has 2 heterocycles. The maximum absolute atomic E-state index is 12.7. The van der Waals surface area contributed by atoms with Crippen LogP contribution in [0.3, 0.4) is 0 Å². The minimum atomic E-state index is -0.385. The van der Waals surface area contributed by atoms with Gasteiger partial charge in [-0.2, -0.15) is 0 Å². The van der Waals surface area contributed by atoms with E-state index in [-0.39, 0.29) is 11.9 Å². The summed E-state index contributed by atoms with van der Waals surface area (Å²) >= 11 is 5.99. The summed E-state index contributed by atoms with van der Waals surface area (Å²) in [5.74, 6) is 0.553. The number of carbonyl (C=O) groups is 2. The molecule has 0 aliphatic carbocycles. The number of hydrogen-bond acceptors (Lipinski definition) is 5. The highest BCUT2D eigenvalue weighted by Gasteiger charge is 2.19.